The Kier molecular flexibility index (Phi) is 4.45. The maximum atomic E-state index is 12.0. The molecule has 1 amide bonds. The molecule has 0 radical (unpaired) electrons. The summed E-state index contributed by atoms with van der Waals surface area (Å²) in [6.07, 6.45) is 3.08. The summed E-state index contributed by atoms with van der Waals surface area (Å²) in [5.74, 6) is 0.607. The summed E-state index contributed by atoms with van der Waals surface area (Å²) in [7, 11) is 1.88. The Morgan fingerprint density at radius 2 is 2.39 bits per heavy atom. The number of carbonyl (C=O) groups is 1. The zero-order chi connectivity index (χ0) is 13.1. The number of hydrogen-bond acceptors (Lipinski definition) is 2. The Hall–Kier alpha value is -0.810. The van der Waals surface area contributed by atoms with Crippen LogP contribution in [0.2, 0.25) is 0 Å². The molecule has 1 N–H and O–H groups in total. The molecular weight excluding hydrogens is 294 g/mol. The van der Waals surface area contributed by atoms with Crippen molar-refractivity contribution >= 4 is 21.8 Å². The molecule has 1 saturated heterocycles. The van der Waals surface area contributed by atoms with Crippen molar-refractivity contribution in [2.45, 2.75) is 13.3 Å². The van der Waals surface area contributed by atoms with Gasteiger partial charge < -0.3 is 14.8 Å². The lowest BCUT2D eigenvalue weighted by atomic mass is 10.1. The zero-order valence-electron chi connectivity index (χ0n) is 10.9. The van der Waals surface area contributed by atoms with Crippen LogP contribution in [0.4, 0.5) is 0 Å². The van der Waals surface area contributed by atoms with E-state index in [1.54, 1.807) is 0 Å². The summed E-state index contributed by atoms with van der Waals surface area (Å²) in [6.45, 7) is 6.33. The maximum absolute atomic E-state index is 12.0. The molecule has 0 bridgehead atoms. The molecule has 1 aromatic heterocycles. The number of halogens is 1. The van der Waals surface area contributed by atoms with Gasteiger partial charge in [-0.1, -0.05) is 6.92 Å². The van der Waals surface area contributed by atoms with Crippen LogP contribution in [-0.2, 0) is 7.05 Å². The van der Waals surface area contributed by atoms with Gasteiger partial charge in [-0.3, -0.25) is 4.79 Å². The molecule has 0 saturated carbocycles. The summed E-state index contributed by atoms with van der Waals surface area (Å²) >= 11 is 3.38. The Morgan fingerprint density at radius 1 is 1.61 bits per heavy atom. The van der Waals surface area contributed by atoms with Crippen LogP contribution in [0.3, 0.4) is 0 Å². The smallest absolute Gasteiger partial charge is 0.267 e. The Bertz CT molecular complexity index is 430. The van der Waals surface area contributed by atoms with Crippen LogP contribution >= 0.6 is 15.9 Å². The van der Waals surface area contributed by atoms with Gasteiger partial charge in [0, 0.05) is 30.8 Å². The number of rotatable bonds is 4. The second kappa shape index (κ2) is 5.89. The third-order valence-electron chi connectivity index (χ3n) is 3.57. The van der Waals surface area contributed by atoms with Crippen LogP contribution in [0.5, 0.6) is 0 Å². The molecule has 1 aliphatic rings. The largest absolute Gasteiger partial charge is 0.350 e. The van der Waals surface area contributed by atoms with Gasteiger partial charge in [-0.2, -0.15) is 0 Å². The number of hydrogen-bond donors (Lipinski definition) is 1. The van der Waals surface area contributed by atoms with Crippen LogP contribution in [-0.4, -0.2) is 41.6 Å². The van der Waals surface area contributed by atoms with Crippen molar-refractivity contribution in [1.29, 1.82) is 0 Å². The highest BCUT2D eigenvalue weighted by molar-refractivity contribution is 9.10. The molecule has 2 rings (SSSR count). The van der Waals surface area contributed by atoms with Gasteiger partial charge in [0.25, 0.3) is 5.91 Å². The fourth-order valence-corrected chi connectivity index (χ4v) is 2.97. The first kappa shape index (κ1) is 13.6. The number of nitrogens with one attached hydrogen (secondary N) is 1. The highest BCUT2D eigenvalue weighted by Gasteiger charge is 2.22. The first-order valence-corrected chi connectivity index (χ1v) is 7.22. The van der Waals surface area contributed by atoms with Crippen LogP contribution in [0, 0.1) is 5.92 Å². The highest BCUT2D eigenvalue weighted by Crippen LogP contribution is 2.16. The molecule has 100 valence electrons. The average Bonchev–Trinajstić information content (AvgIpc) is 2.92. The van der Waals surface area contributed by atoms with Crippen molar-refractivity contribution in [2.75, 3.05) is 26.2 Å². The standard InChI is InChI=1S/C13H20BrN3O/c1-3-17-5-4-10(8-17)7-15-13(18)12-6-11(14)9-16(12)2/h6,9-10H,3-5,7-8H2,1-2H3,(H,15,18). The van der Waals surface area contributed by atoms with Crippen LogP contribution in [0.25, 0.3) is 0 Å². The predicted octanol–water partition coefficient (Wildman–Crippen LogP) is 1.86. The molecule has 0 aromatic carbocycles. The van der Waals surface area contributed by atoms with Crippen molar-refractivity contribution < 1.29 is 4.79 Å². The fourth-order valence-electron chi connectivity index (χ4n) is 2.44. The van der Waals surface area contributed by atoms with Crippen molar-refractivity contribution in [3.05, 3.63) is 22.4 Å². The lowest BCUT2D eigenvalue weighted by molar-refractivity contribution is 0.0939. The van der Waals surface area contributed by atoms with Crippen LogP contribution in [0.15, 0.2) is 16.7 Å². The van der Waals surface area contributed by atoms with E-state index in [-0.39, 0.29) is 5.91 Å². The van der Waals surface area contributed by atoms with E-state index in [4.69, 9.17) is 0 Å². The average molecular weight is 314 g/mol. The van der Waals surface area contributed by atoms with E-state index in [2.05, 4.69) is 33.1 Å². The molecule has 0 spiro atoms. The Morgan fingerprint density at radius 3 is 2.94 bits per heavy atom. The maximum Gasteiger partial charge on any atom is 0.267 e. The minimum Gasteiger partial charge on any atom is -0.350 e. The molecule has 0 aliphatic carbocycles. The molecule has 1 unspecified atom stereocenters. The Balaban J connectivity index is 1.84. The summed E-state index contributed by atoms with van der Waals surface area (Å²) in [4.78, 5) is 14.4. The van der Waals surface area contributed by atoms with Crippen LogP contribution < -0.4 is 5.32 Å². The van der Waals surface area contributed by atoms with E-state index in [0.29, 0.717) is 11.6 Å². The van der Waals surface area contributed by atoms with Gasteiger partial charge in [-0.15, -0.1) is 0 Å². The molecule has 1 aliphatic heterocycles. The molecule has 1 fully saturated rings. The zero-order valence-corrected chi connectivity index (χ0v) is 12.5. The molecule has 5 heteroatoms. The number of aromatic nitrogens is 1. The first-order chi connectivity index (χ1) is 8.60. The lowest BCUT2D eigenvalue weighted by Gasteiger charge is -2.13. The van der Waals surface area contributed by atoms with Gasteiger partial charge in [0.15, 0.2) is 0 Å². The fraction of sp³-hybridized carbons (Fsp3) is 0.615. The number of nitrogens with zero attached hydrogens (tertiary/aromatic N) is 2. The minimum atomic E-state index is 0.0122. The molecular formula is C13H20BrN3O. The summed E-state index contributed by atoms with van der Waals surface area (Å²) in [5.41, 5.74) is 0.701. The third kappa shape index (κ3) is 3.14. The molecule has 1 atom stereocenters. The first-order valence-electron chi connectivity index (χ1n) is 6.42. The van der Waals surface area contributed by atoms with Crippen molar-refractivity contribution in [1.82, 2.24) is 14.8 Å². The van der Waals surface area contributed by atoms with Gasteiger partial charge in [0.05, 0.1) is 0 Å². The summed E-state index contributed by atoms with van der Waals surface area (Å²) in [6, 6.07) is 1.85. The van der Waals surface area contributed by atoms with E-state index in [0.717, 1.165) is 30.7 Å². The number of amides is 1. The highest BCUT2D eigenvalue weighted by atomic mass is 79.9. The van der Waals surface area contributed by atoms with Gasteiger partial charge in [0.1, 0.15) is 5.69 Å². The second-order valence-corrected chi connectivity index (χ2v) is 5.83. The second-order valence-electron chi connectivity index (χ2n) is 4.91. The quantitative estimate of drug-likeness (QED) is 0.921. The predicted molar refractivity (Wildman–Crippen MR) is 75.7 cm³/mol. The van der Waals surface area contributed by atoms with E-state index < -0.39 is 0 Å². The third-order valence-corrected chi connectivity index (χ3v) is 4.01. The molecule has 2 heterocycles. The van der Waals surface area contributed by atoms with Crippen LogP contribution in [0.1, 0.15) is 23.8 Å². The summed E-state index contributed by atoms with van der Waals surface area (Å²) < 4.78 is 2.78. The van der Waals surface area contributed by atoms with E-state index in [9.17, 15) is 4.79 Å². The minimum absolute atomic E-state index is 0.0122. The van der Waals surface area contributed by atoms with Crippen molar-refractivity contribution in [2.24, 2.45) is 13.0 Å². The van der Waals surface area contributed by atoms with Gasteiger partial charge in [-0.05, 0) is 47.4 Å². The van der Waals surface area contributed by atoms with Gasteiger partial charge >= 0.3 is 0 Å². The molecule has 1 aromatic rings. The SMILES string of the molecule is CCN1CCC(CNC(=O)c2cc(Br)cn2C)C1. The van der Waals surface area contributed by atoms with Gasteiger partial charge in [-0.25, -0.2) is 0 Å². The Labute approximate surface area is 116 Å². The van der Waals surface area contributed by atoms with E-state index in [1.165, 1.54) is 6.42 Å². The molecule has 4 nitrogen and oxygen atoms in total. The number of likely N-dealkylation sites (tertiary alicyclic amines) is 1. The van der Waals surface area contributed by atoms with Crippen molar-refractivity contribution in [3.63, 3.8) is 0 Å². The number of aryl methyl sites for hydroxylation is 1. The normalized spacial score (nSPS) is 20.3. The van der Waals surface area contributed by atoms with E-state index in [1.807, 2.05) is 23.9 Å². The van der Waals surface area contributed by atoms with Crippen molar-refractivity contribution in [3.8, 4) is 0 Å². The van der Waals surface area contributed by atoms with Gasteiger partial charge in [0.2, 0.25) is 0 Å². The lowest BCUT2D eigenvalue weighted by Crippen LogP contribution is -2.31. The summed E-state index contributed by atoms with van der Waals surface area (Å²) in [5, 5.41) is 3.03. The monoisotopic (exact) mass is 313 g/mol. The topological polar surface area (TPSA) is 37.3 Å². The molecule has 18 heavy (non-hydrogen) atoms. The van der Waals surface area contributed by atoms with E-state index >= 15 is 0 Å². The number of carbonyl (C=O) groups excluding carboxylic acids is 1.